The van der Waals surface area contributed by atoms with Crippen LogP contribution >= 0.6 is 0 Å². The molecule has 0 aliphatic heterocycles. The fourth-order valence-electron chi connectivity index (χ4n) is 1.54. The Labute approximate surface area is 94.6 Å². The molecule has 0 aliphatic rings. The van der Waals surface area contributed by atoms with Gasteiger partial charge in [-0.2, -0.15) is 0 Å². The molecule has 1 atom stereocenters. The van der Waals surface area contributed by atoms with Crippen molar-refractivity contribution in [1.82, 2.24) is 5.32 Å². The lowest BCUT2D eigenvalue weighted by Gasteiger charge is -2.21. The first-order chi connectivity index (χ1) is 7.54. The van der Waals surface area contributed by atoms with E-state index in [4.69, 9.17) is 4.74 Å². The van der Waals surface area contributed by atoms with Gasteiger partial charge in [0, 0.05) is 13.2 Å². The average Bonchev–Trinajstić information content (AvgIpc) is 2.21. The summed E-state index contributed by atoms with van der Waals surface area (Å²) in [5, 5.41) is 3.23. The highest BCUT2D eigenvalue weighted by Crippen LogP contribution is 2.17. The zero-order chi connectivity index (χ0) is 12.1. The van der Waals surface area contributed by atoms with E-state index < -0.39 is 11.6 Å². The van der Waals surface area contributed by atoms with Gasteiger partial charge in [0.25, 0.3) is 0 Å². The lowest BCUT2D eigenvalue weighted by Crippen LogP contribution is -2.31. The van der Waals surface area contributed by atoms with Gasteiger partial charge in [-0.15, -0.1) is 0 Å². The summed E-state index contributed by atoms with van der Waals surface area (Å²) < 4.78 is 30.9. The van der Waals surface area contributed by atoms with Crippen LogP contribution in [0.2, 0.25) is 0 Å². The standard InChI is InChI=1S/C12H17F2NO/c1-8(2)15-12(7-16-3)9-4-5-10(13)11(14)6-9/h4-6,8,12,15H,7H2,1-3H3. The van der Waals surface area contributed by atoms with Crippen molar-refractivity contribution in [2.24, 2.45) is 0 Å². The van der Waals surface area contributed by atoms with Gasteiger partial charge in [0.2, 0.25) is 0 Å². The number of methoxy groups -OCH3 is 1. The molecule has 0 saturated carbocycles. The van der Waals surface area contributed by atoms with Gasteiger partial charge in [0.1, 0.15) is 0 Å². The van der Waals surface area contributed by atoms with Gasteiger partial charge in [-0.3, -0.25) is 0 Å². The van der Waals surface area contributed by atoms with Crippen LogP contribution < -0.4 is 5.32 Å². The van der Waals surface area contributed by atoms with Crippen LogP contribution in [0.15, 0.2) is 18.2 Å². The monoisotopic (exact) mass is 229 g/mol. The molecule has 0 saturated heterocycles. The summed E-state index contributed by atoms with van der Waals surface area (Å²) in [5.41, 5.74) is 0.689. The molecule has 1 aromatic rings. The van der Waals surface area contributed by atoms with E-state index in [0.29, 0.717) is 12.2 Å². The third-order valence-corrected chi connectivity index (χ3v) is 2.21. The van der Waals surface area contributed by atoms with E-state index >= 15 is 0 Å². The molecule has 2 nitrogen and oxygen atoms in total. The van der Waals surface area contributed by atoms with E-state index in [0.717, 1.165) is 6.07 Å². The first kappa shape index (κ1) is 13.1. The maximum atomic E-state index is 13.1. The Morgan fingerprint density at radius 1 is 1.25 bits per heavy atom. The minimum Gasteiger partial charge on any atom is -0.383 e. The van der Waals surface area contributed by atoms with Gasteiger partial charge in [-0.25, -0.2) is 8.78 Å². The molecule has 1 N–H and O–H groups in total. The van der Waals surface area contributed by atoms with Crippen molar-refractivity contribution < 1.29 is 13.5 Å². The second kappa shape index (κ2) is 5.92. The Morgan fingerprint density at radius 3 is 2.44 bits per heavy atom. The normalized spacial score (nSPS) is 13.1. The van der Waals surface area contributed by atoms with E-state index in [2.05, 4.69) is 5.32 Å². The van der Waals surface area contributed by atoms with Crippen molar-refractivity contribution >= 4 is 0 Å². The zero-order valence-corrected chi connectivity index (χ0v) is 9.76. The molecule has 1 unspecified atom stereocenters. The van der Waals surface area contributed by atoms with Gasteiger partial charge >= 0.3 is 0 Å². The van der Waals surface area contributed by atoms with Crippen LogP contribution in [0, 0.1) is 11.6 Å². The van der Waals surface area contributed by atoms with Gasteiger partial charge < -0.3 is 10.1 Å². The molecule has 90 valence electrons. The summed E-state index contributed by atoms with van der Waals surface area (Å²) in [7, 11) is 1.58. The van der Waals surface area contributed by atoms with E-state index in [1.165, 1.54) is 6.07 Å². The molecule has 16 heavy (non-hydrogen) atoms. The third-order valence-electron chi connectivity index (χ3n) is 2.21. The number of nitrogens with one attached hydrogen (secondary N) is 1. The van der Waals surface area contributed by atoms with E-state index in [9.17, 15) is 8.78 Å². The van der Waals surface area contributed by atoms with Gasteiger partial charge in [0.05, 0.1) is 12.6 Å². The van der Waals surface area contributed by atoms with Crippen molar-refractivity contribution in [1.29, 1.82) is 0 Å². The molecule has 0 amide bonds. The largest absolute Gasteiger partial charge is 0.383 e. The third kappa shape index (κ3) is 3.54. The van der Waals surface area contributed by atoms with Crippen LogP contribution in [-0.2, 0) is 4.74 Å². The fraction of sp³-hybridized carbons (Fsp3) is 0.500. The zero-order valence-electron chi connectivity index (χ0n) is 9.76. The van der Waals surface area contributed by atoms with Gasteiger partial charge in [-0.1, -0.05) is 19.9 Å². The summed E-state index contributed by atoms with van der Waals surface area (Å²) in [6.07, 6.45) is 0. The fourth-order valence-corrected chi connectivity index (χ4v) is 1.54. The summed E-state index contributed by atoms with van der Waals surface area (Å²) >= 11 is 0. The predicted molar refractivity (Wildman–Crippen MR) is 59.2 cm³/mol. The maximum Gasteiger partial charge on any atom is 0.159 e. The van der Waals surface area contributed by atoms with Gasteiger partial charge in [-0.05, 0) is 17.7 Å². The van der Waals surface area contributed by atoms with Crippen molar-refractivity contribution in [3.63, 3.8) is 0 Å². The molecule has 4 heteroatoms. The smallest absolute Gasteiger partial charge is 0.159 e. The van der Waals surface area contributed by atoms with E-state index in [1.54, 1.807) is 13.2 Å². The van der Waals surface area contributed by atoms with Crippen molar-refractivity contribution in [2.75, 3.05) is 13.7 Å². The minimum absolute atomic E-state index is 0.125. The summed E-state index contributed by atoms with van der Waals surface area (Å²) in [4.78, 5) is 0. The molecule has 0 aliphatic carbocycles. The van der Waals surface area contributed by atoms with Crippen LogP contribution in [0.4, 0.5) is 8.78 Å². The summed E-state index contributed by atoms with van der Waals surface area (Å²) in [6, 6.07) is 4.02. The molecule has 0 heterocycles. The summed E-state index contributed by atoms with van der Waals surface area (Å²) in [5.74, 6) is -1.66. The van der Waals surface area contributed by atoms with Crippen molar-refractivity contribution in [2.45, 2.75) is 25.9 Å². The van der Waals surface area contributed by atoms with Crippen molar-refractivity contribution in [3.05, 3.63) is 35.4 Å². The Balaban J connectivity index is 2.87. The minimum atomic E-state index is -0.829. The second-order valence-electron chi connectivity index (χ2n) is 4.00. The van der Waals surface area contributed by atoms with E-state index in [1.807, 2.05) is 13.8 Å². The molecule has 0 spiro atoms. The lowest BCUT2D eigenvalue weighted by atomic mass is 10.1. The highest BCUT2D eigenvalue weighted by Gasteiger charge is 2.14. The molecule has 0 radical (unpaired) electrons. The van der Waals surface area contributed by atoms with Crippen molar-refractivity contribution in [3.8, 4) is 0 Å². The average molecular weight is 229 g/mol. The molecule has 0 aromatic heterocycles. The maximum absolute atomic E-state index is 13.1. The lowest BCUT2D eigenvalue weighted by molar-refractivity contribution is 0.163. The van der Waals surface area contributed by atoms with Crippen LogP contribution in [-0.4, -0.2) is 19.8 Å². The molecule has 1 rings (SSSR count). The molecule has 0 fully saturated rings. The highest BCUT2D eigenvalue weighted by molar-refractivity contribution is 5.21. The van der Waals surface area contributed by atoms with Crippen LogP contribution in [0.3, 0.4) is 0 Å². The first-order valence-corrected chi connectivity index (χ1v) is 5.24. The molecular weight excluding hydrogens is 212 g/mol. The SMILES string of the molecule is COCC(NC(C)C)c1ccc(F)c(F)c1. The first-order valence-electron chi connectivity index (χ1n) is 5.24. The second-order valence-corrected chi connectivity index (χ2v) is 4.00. The van der Waals surface area contributed by atoms with Crippen LogP contribution in [0.5, 0.6) is 0 Å². The van der Waals surface area contributed by atoms with Gasteiger partial charge in [0.15, 0.2) is 11.6 Å². The number of rotatable bonds is 5. The summed E-state index contributed by atoms with van der Waals surface area (Å²) in [6.45, 7) is 4.40. The Hall–Kier alpha value is -1.00. The Bertz CT molecular complexity index is 342. The number of hydrogen-bond acceptors (Lipinski definition) is 2. The van der Waals surface area contributed by atoms with Crippen LogP contribution in [0.1, 0.15) is 25.5 Å². The Morgan fingerprint density at radius 2 is 1.94 bits per heavy atom. The molecular formula is C12H17F2NO. The highest BCUT2D eigenvalue weighted by atomic mass is 19.2. The quantitative estimate of drug-likeness (QED) is 0.838. The number of ether oxygens (including phenoxy) is 1. The Kier molecular flexibility index (Phi) is 4.83. The van der Waals surface area contributed by atoms with E-state index in [-0.39, 0.29) is 12.1 Å². The number of halogens is 2. The number of hydrogen-bond donors (Lipinski definition) is 1. The predicted octanol–water partition coefficient (Wildman–Crippen LogP) is 2.65. The number of benzene rings is 1. The van der Waals surface area contributed by atoms with Crippen LogP contribution in [0.25, 0.3) is 0 Å². The topological polar surface area (TPSA) is 21.3 Å². The molecule has 0 bridgehead atoms. The molecule has 1 aromatic carbocycles.